The van der Waals surface area contributed by atoms with E-state index in [-0.39, 0.29) is 6.04 Å². The topological polar surface area (TPSA) is 29.4 Å². The van der Waals surface area contributed by atoms with Crippen molar-refractivity contribution in [2.45, 2.75) is 50.9 Å². The van der Waals surface area contributed by atoms with Gasteiger partial charge in [-0.2, -0.15) is 4.57 Å². The molecule has 4 heteroatoms. The summed E-state index contributed by atoms with van der Waals surface area (Å²) in [4.78, 5) is 5.21. The Hall–Kier alpha value is -4.80. The molecule has 46 heavy (non-hydrogen) atoms. The molecule has 8 rings (SSSR count). The van der Waals surface area contributed by atoms with E-state index < -0.39 is 8.07 Å². The van der Waals surface area contributed by atoms with Crippen LogP contribution in [-0.2, 0) is 6.42 Å². The molecule has 0 fully saturated rings. The number of rotatable bonds is 3. The highest BCUT2D eigenvalue weighted by molar-refractivity contribution is 6.88. The predicted octanol–water partition coefficient (Wildman–Crippen LogP) is 9.92. The average Bonchev–Trinajstić information content (AvgIpc) is 3.44. The van der Waals surface area contributed by atoms with Gasteiger partial charge < -0.3 is 4.42 Å². The van der Waals surface area contributed by atoms with Crippen LogP contribution in [0.15, 0.2) is 138 Å². The molecule has 2 aromatic heterocycles. The molecule has 0 saturated carbocycles. The third kappa shape index (κ3) is 4.71. The van der Waals surface area contributed by atoms with E-state index in [0.717, 1.165) is 63.7 Å². The molecule has 0 aliphatic carbocycles. The van der Waals surface area contributed by atoms with Crippen molar-refractivity contribution in [3.8, 4) is 22.4 Å². The Bertz CT molecular complexity index is 2220. The van der Waals surface area contributed by atoms with Crippen molar-refractivity contribution < 1.29 is 8.98 Å². The molecule has 0 N–H and O–H groups in total. The SMILES string of the molecule is C=C/C1=N/C(=C)CC2C(CCc3ccc4c(oc5cc(-c6ccccc6)ccc54)c31)c1ccccc1-c1ccc([Si](C)(C)C)c[n+]12. The quantitative estimate of drug-likeness (QED) is 0.144. The van der Waals surface area contributed by atoms with E-state index in [2.05, 4.69) is 135 Å². The van der Waals surface area contributed by atoms with Crippen LogP contribution in [0, 0.1) is 0 Å². The second-order valence-electron chi connectivity index (χ2n) is 13.9. The molecule has 0 saturated heterocycles. The molecule has 226 valence electrons. The van der Waals surface area contributed by atoms with Gasteiger partial charge in [0.25, 0.3) is 0 Å². The molecule has 0 bridgehead atoms. The summed E-state index contributed by atoms with van der Waals surface area (Å²) in [7, 11) is -1.52. The number of nitrogens with zero attached hydrogens (tertiary/aromatic N) is 2. The molecule has 0 radical (unpaired) electrons. The lowest BCUT2D eigenvalue weighted by atomic mass is 9.77. The first-order valence-electron chi connectivity index (χ1n) is 16.4. The smallest absolute Gasteiger partial charge is 0.213 e. The van der Waals surface area contributed by atoms with Crippen LogP contribution in [-0.4, -0.2) is 13.8 Å². The summed E-state index contributed by atoms with van der Waals surface area (Å²) in [5.41, 5.74) is 12.1. The first kappa shape index (κ1) is 28.7. The molecule has 0 spiro atoms. The summed E-state index contributed by atoms with van der Waals surface area (Å²) in [6, 6.07) is 35.5. The average molecular weight is 616 g/mol. The molecule has 2 unspecified atom stereocenters. The third-order valence-electron chi connectivity index (χ3n) is 10.0. The normalized spacial score (nSPS) is 19.0. The van der Waals surface area contributed by atoms with Crippen molar-refractivity contribution in [3.63, 3.8) is 0 Å². The van der Waals surface area contributed by atoms with Crippen LogP contribution in [0.3, 0.4) is 0 Å². The molecule has 0 amide bonds. The van der Waals surface area contributed by atoms with Gasteiger partial charge >= 0.3 is 0 Å². The minimum Gasteiger partial charge on any atom is -0.455 e. The number of aliphatic imine (C=N–C) groups is 1. The van der Waals surface area contributed by atoms with E-state index >= 15 is 0 Å². The summed E-state index contributed by atoms with van der Waals surface area (Å²) in [5, 5.41) is 3.69. The highest BCUT2D eigenvalue weighted by Gasteiger charge is 2.41. The van der Waals surface area contributed by atoms with Gasteiger partial charge in [-0.05, 0) is 59.4 Å². The van der Waals surface area contributed by atoms with Crippen LogP contribution >= 0.6 is 0 Å². The van der Waals surface area contributed by atoms with Crippen LogP contribution in [0.1, 0.15) is 41.5 Å². The number of hydrogen-bond acceptors (Lipinski definition) is 2. The standard InChI is InChI=1S/C42H39N2OSi/c1-6-37-41-29(17-22-36-35-21-18-30(25-40(35)45-42(36)41)28-12-8-7-9-13-28)16-20-34-32-14-10-11-15-33(32)38-23-19-31(46(3,4)5)26-44(38)39(34)24-27(2)43-37/h6-15,17-19,21-23,25-26,34,39H,1-2,16,20,24H2,3-5H3/q+1/b43-37-. The Kier molecular flexibility index (Phi) is 6.80. The van der Waals surface area contributed by atoms with E-state index in [1.165, 1.54) is 33.1 Å². The second-order valence-corrected chi connectivity index (χ2v) is 19.0. The molecule has 4 heterocycles. The summed E-state index contributed by atoms with van der Waals surface area (Å²) in [6.07, 6.45) is 7.03. The van der Waals surface area contributed by atoms with Gasteiger partial charge in [-0.1, -0.05) is 106 Å². The second kappa shape index (κ2) is 10.9. The van der Waals surface area contributed by atoms with Crippen LogP contribution in [0.4, 0.5) is 0 Å². The zero-order chi connectivity index (χ0) is 31.6. The molecule has 4 aromatic carbocycles. The largest absolute Gasteiger partial charge is 0.455 e. The first-order valence-corrected chi connectivity index (χ1v) is 19.9. The molecule has 2 atom stereocenters. The minimum absolute atomic E-state index is 0.233. The van der Waals surface area contributed by atoms with Crippen molar-refractivity contribution >= 4 is 40.9 Å². The van der Waals surface area contributed by atoms with Crippen molar-refractivity contribution in [3.05, 3.63) is 145 Å². The fraction of sp³-hybridized carbons (Fsp3) is 0.190. The minimum atomic E-state index is -1.52. The third-order valence-corrected chi connectivity index (χ3v) is 12.1. The van der Waals surface area contributed by atoms with E-state index in [1.54, 1.807) is 0 Å². The summed E-state index contributed by atoms with van der Waals surface area (Å²) >= 11 is 0. The van der Waals surface area contributed by atoms with Gasteiger partial charge in [0.2, 0.25) is 5.69 Å². The number of aryl methyl sites for hydroxylation is 1. The molecular weight excluding hydrogens is 577 g/mol. The molecule has 6 aromatic rings. The highest BCUT2D eigenvalue weighted by atomic mass is 28.3. The van der Waals surface area contributed by atoms with Crippen LogP contribution < -0.4 is 9.75 Å². The van der Waals surface area contributed by atoms with Gasteiger partial charge in [0.05, 0.1) is 20.2 Å². The Labute approximate surface area is 272 Å². The first-order chi connectivity index (χ1) is 22.3. The number of pyridine rings is 1. The number of aromatic nitrogens is 1. The zero-order valence-corrected chi connectivity index (χ0v) is 27.9. The van der Waals surface area contributed by atoms with Crippen molar-refractivity contribution in [2.75, 3.05) is 0 Å². The van der Waals surface area contributed by atoms with Gasteiger partial charge in [-0.15, -0.1) is 0 Å². The number of benzene rings is 4. The zero-order valence-electron chi connectivity index (χ0n) is 26.9. The van der Waals surface area contributed by atoms with E-state index in [9.17, 15) is 0 Å². The lowest BCUT2D eigenvalue weighted by Gasteiger charge is -2.32. The van der Waals surface area contributed by atoms with Crippen LogP contribution in [0.5, 0.6) is 0 Å². The fourth-order valence-corrected chi connectivity index (χ4v) is 8.77. The number of furan rings is 1. The molecule has 2 aliphatic heterocycles. The van der Waals surface area contributed by atoms with Crippen molar-refractivity contribution in [1.29, 1.82) is 0 Å². The van der Waals surface area contributed by atoms with Gasteiger partial charge in [0, 0.05) is 44.8 Å². The van der Waals surface area contributed by atoms with Crippen molar-refractivity contribution in [1.82, 2.24) is 0 Å². The summed E-state index contributed by atoms with van der Waals surface area (Å²) < 4.78 is 9.30. The van der Waals surface area contributed by atoms with E-state index in [4.69, 9.17) is 9.41 Å². The van der Waals surface area contributed by atoms with Crippen LogP contribution in [0.2, 0.25) is 19.6 Å². The molecule has 2 aliphatic rings. The number of hydrogen-bond donors (Lipinski definition) is 0. The van der Waals surface area contributed by atoms with Crippen molar-refractivity contribution in [2.24, 2.45) is 4.99 Å². The molecule has 3 nitrogen and oxygen atoms in total. The lowest BCUT2D eigenvalue weighted by molar-refractivity contribution is -0.717. The van der Waals surface area contributed by atoms with Gasteiger partial charge in [0.1, 0.15) is 11.2 Å². The monoisotopic (exact) mass is 615 g/mol. The Morgan fingerprint density at radius 3 is 2.46 bits per heavy atom. The van der Waals surface area contributed by atoms with Gasteiger partial charge in [-0.25, -0.2) is 0 Å². The predicted molar refractivity (Wildman–Crippen MR) is 195 cm³/mol. The summed E-state index contributed by atoms with van der Waals surface area (Å²) in [5.74, 6) is 0.329. The fourth-order valence-electron chi connectivity index (χ4n) is 7.66. The van der Waals surface area contributed by atoms with Gasteiger partial charge in [0.15, 0.2) is 12.2 Å². The van der Waals surface area contributed by atoms with E-state index in [0.29, 0.717) is 5.92 Å². The Morgan fingerprint density at radius 2 is 1.65 bits per heavy atom. The highest BCUT2D eigenvalue weighted by Crippen LogP contribution is 2.44. The number of fused-ring (bicyclic) bond motifs is 11. The Morgan fingerprint density at radius 1 is 0.870 bits per heavy atom. The van der Waals surface area contributed by atoms with E-state index in [1.807, 2.05) is 12.1 Å². The maximum absolute atomic E-state index is 6.74. The van der Waals surface area contributed by atoms with Gasteiger partial charge in [-0.3, -0.25) is 4.99 Å². The molecular formula is C42H39N2OSi+. The maximum atomic E-state index is 6.74. The summed E-state index contributed by atoms with van der Waals surface area (Å²) in [6.45, 7) is 16.1. The lowest BCUT2D eigenvalue weighted by Crippen LogP contribution is -2.52. The maximum Gasteiger partial charge on any atom is 0.213 e. The van der Waals surface area contributed by atoms with Crippen LogP contribution in [0.25, 0.3) is 44.3 Å². The number of allylic oxidation sites excluding steroid dienone is 2. The Balaban J connectivity index is 1.29.